The Morgan fingerprint density at radius 2 is 1.50 bits per heavy atom. The molecule has 1 fully saturated rings. The van der Waals surface area contributed by atoms with Gasteiger partial charge in [-0.05, 0) is 37.9 Å². The summed E-state index contributed by atoms with van der Waals surface area (Å²) in [5, 5.41) is 10.8. The second kappa shape index (κ2) is 8.15. The van der Waals surface area contributed by atoms with Gasteiger partial charge in [0.15, 0.2) is 8.32 Å². The number of hydrogen-bond donors (Lipinski definition) is 1. The molecule has 1 aliphatic heterocycles. The Bertz CT molecular complexity index is 463. The van der Waals surface area contributed by atoms with Gasteiger partial charge in [-0.3, -0.25) is 0 Å². The van der Waals surface area contributed by atoms with E-state index in [9.17, 15) is 5.11 Å². The minimum absolute atomic E-state index is 0.00646. The van der Waals surface area contributed by atoms with E-state index >= 15 is 0 Å². The zero-order valence-electron chi connectivity index (χ0n) is 18.5. The van der Waals surface area contributed by atoms with Crippen molar-refractivity contribution in [2.45, 2.75) is 96.5 Å². The van der Waals surface area contributed by atoms with Crippen LogP contribution < -0.4 is 0 Å². The van der Waals surface area contributed by atoms with Crippen LogP contribution in [0.4, 0.5) is 0 Å². The number of ether oxygens (including phenoxy) is 4. The molecular formula is C19H40O6Si. The van der Waals surface area contributed by atoms with E-state index in [1.807, 2.05) is 13.8 Å². The van der Waals surface area contributed by atoms with Crippen molar-refractivity contribution in [1.82, 2.24) is 0 Å². The van der Waals surface area contributed by atoms with Crippen LogP contribution in [0.15, 0.2) is 0 Å². The van der Waals surface area contributed by atoms with Gasteiger partial charge >= 0.3 is 0 Å². The fourth-order valence-corrected chi connectivity index (χ4v) is 3.69. The first kappa shape index (κ1) is 24.0. The first-order valence-corrected chi connectivity index (χ1v) is 12.3. The second-order valence-electron chi connectivity index (χ2n) is 9.34. The maximum Gasteiger partial charge on any atom is 0.220 e. The highest BCUT2D eigenvalue weighted by Crippen LogP contribution is 2.42. The molecule has 26 heavy (non-hydrogen) atoms. The molecule has 1 heterocycles. The van der Waals surface area contributed by atoms with Crippen molar-refractivity contribution in [3.63, 3.8) is 0 Å². The van der Waals surface area contributed by atoms with Crippen molar-refractivity contribution >= 4 is 8.32 Å². The van der Waals surface area contributed by atoms with Gasteiger partial charge in [0.1, 0.15) is 12.2 Å². The van der Waals surface area contributed by atoms with Gasteiger partial charge in [0.25, 0.3) is 0 Å². The van der Waals surface area contributed by atoms with E-state index in [2.05, 4.69) is 33.9 Å². The standard InChI is InChI=1S/C19H40O6Si/c1-13(2)15(20)16-14(12-23-26(10,11)17(3,4)5)24-18(6,21-8)19(7,22-9)25-16/h13-16,20H,12H2,1-11H3/t14-,15+,16-,18+,19+/m0/s1. The third kappa shape index (κ3) is 4.69. The van der Waals surface area contributed by atoms with E-state index in [4.69, 9.17) is 23.4 Å². The monoisotopic (exact) mass is 392 g/mol. The third-order valence-corrected chi connectivity index (χ3v) is 10.6. The molecule has 5 atom stereocenters. The molecule has 0 aromatic heterocycles. The number of hydrogen-bond acceptors (Lipinski definition) is 6. The summed E-state index contributed by atoms with van der Waals surface area (Å²) >= 11 is 0. The van der Waals surface area contributed by atoms with Gasteiger partial charge in [-0.1, -0.05) is 34.6 Å². The fraction of sp³-hybridized carbons (Fsp3) is 1.00. The molecule has 0 saturated carbocycles. The summed E-state index contributed by atoms with van der Waals surface area (Å²) in [7, 11) is 1.14. The lowest BCUT2D eigenvalue weighted by molar-refractivity contribution is -0.456. The fourth-order valence-electron chi connectivity index (χ4n) is 2.68. The number of methoxy groups -OCH3 is 2. The van der Waals surface area contributed by atoms with Crippen LogP contribution in [0, 0.1) is 5.92 Å². The minimum Gasteiger partial charge on any atom is -0.414 e. The summed E-state index contributed by atoms with van der Waals surface area (Å²) in [5.41, 5.74) is 0. The minimum atomic E-state index is -1.97. The number of rotatable bonds is 7. The Hall–Kier alpha value is -0.0231. The molecule has 0 spiro atoms. The molecule has 1 rings (SSSR count). The largest absolute Gasteiger partial charge is 0.414 e. The second-order valence-corrected chi connectivity index (χ2v) is 14.2. The lowest BCUT2D eigenvalue weighted by atomic mass is 9.94. The molecule has 1 N–H and O–H groups in total. The van der Waals surface area contributed by atoms with Crippen LogP contribution in [0.3, 0.4) is 0 Å². The summed E-state index contributed by atoms with van der Waals surface area (Å²) in [5.74, 6) is -2.25. The predicted octanol–water partition coefficient (Wildman–Crippen LogP) is 3.53. The van der Waals surface area contributed by atoms with E-state index in [1.54, 1.807) is 28.1 Å². The van der Waals surface area contributed by atoms with E-state index < -0.39 is 38.2 Å². The molecule has 0 unspecified atom stereocenters. The Balaban J connectivity index is 3.12. The molecule has 0 aliphatic carbocycles. The summed E-state index contributed by atoms with van der Waals surface area (Å²) in [6, 6.07) is 0. The van der Waals surface area contributed by atoms with Crippen molar-refractivity contribution in [2.75, 3.05) is 20.8 Å². The maximum atomic E-state index is 10.7. The molecule has 1 aliphatic rings. The summed E-state index contributed by atoms with van der Waals surface area (Å²) in [6.45, 7) is 18.8. The molecule has 156 valence electrons. The molecule has 7 heteroatoms. The number of aliphatic hydroxyl groups is 1. The molecular weight excluding hydrogens is 352 g/mol. The van der Waals surface area contributed by atoms with E-state index in [-0.39, 0.29) is 11.0 Å². The van der Waals surface area contributed by atoms with Crippen LogP contribution in [-0.4, -0.2) is 64.1 Å². The zero-order chi connectivity index (χ0) is 20.6. The molecule has 0 amide bonds. The molecule has 6 nitrogen and oxygen atoms in total. The van der Waals surface area contributed by atoms with E-state index in [1.165, 1.54) is 0 Å². The van der Waals surface area contributed by atoms with Gasteiger partial charge in [-0.25, -0.2) is 0 Å². The Morgan fingerprint density at radius 1 is 1.04 bits per heavy atom. The van der Waals surface area contributed by atoms with Crippen LogP contribution in [0.25, 0.3) is 0 Å². The molecule has 0 aromatic carbocycles. The average Bonchev–Trinajstić information content (AvgIpc) is 2.53. The van der Waals surface area contributed by atoms with Gasteiger partial charge in [0.2, 0.25) is 11.6 Å². The number of aliphatic hydroxyl groups excluding tert-OH is 1. The SMILES string of the molecule is CO[C@]1(C)O[C@H]([C@H](O)C(C)C)[C@H](CO[Si](C)(C)C(C)(C)C)O[C@@]1(C)OC. The van der Waals surface area contributed by atoms with Gasteiger partial charge in [-0.2, -0.15) is 0 Å². The smallest absolute Gasteiger partial charge is 0.220 e. The molecule has 0 bridgehead atoms. The lowest BCUT2D eigenvalue weighted by Crippen LogP contribution is -2.68. The van der Waals surface area contributed by atoms with E-state index in [0.717, 1.165) is 0 Å². The van der Waals surface area contributed by atoms with Crippen LogP contribution in [0.1, 0.15) is 48.5 Å². The van der Waals surface area contributed by atoms with Crippen LogP contribution in [-0.2, 0) is 23.4 Å². The molecule has 0 aromatic rings. The topological polar surface area (TPSA) is 66.4 Å². The van der Waals surface area contributed by atoms with Gasteiger partial charge < -0.3 is 28.5 Å². The Morgan fingerprint density at radius 3 is 1.88 bits per heavy atom. The lowest BCUT2D eigenvalue weighted by Gasteiger charge is -2.53. The summed E-state index contributed by atoms with van der Waals surface area (Å²) in [4.78, 5) is 0. The van der Waals surface area contributed by atoms with Crippen molar-refractivity contribution in [3.05, 3.63) is 0 Å². The average molecular weight is 393 g/mol. The highest BCUT2D eigenvalue weighted by atomic mass is 28.4. The van der Waals surface area contributed by atoms with Crippen molar-refractivity contribution in [2.24, 2.45) is 5.92 Å². The van der Waals surface area contributed by atoms with Crippen LogP contribution in [0.2, 0.25) is 18.1 Å². The van der Waals surface area contributed by atoms with Gasteiger partial charge in [0.05, 0.1) is 12.7 Å². The predicted molar refractivity (Wildman–Crippen MR) is 105 cm³/mol. The van der Waals surface area contributed by atoms with Gasteiger partial charge in [-0.15, -0.1) is 0 Å². The zero-order valence-corrected chi connectivity index (χ0v) is 19.5. The van der Waals surface area contributed by atoms with E-state index in [0.29, 0.717) is 6.61 Å². The maximum absolute atomic E-state index is 10.7. The molecule has 0 radical (unpaired) electrons. The van der Waals surface area contributed by atoms with Gasteiger partial charge in [0, 0.05) is 14.2 Å². The first-order valence-electron chi connectivity index (χ1n) is 9.42. The normalized spacial score (nSPS) is 35.0. The summed E-state index contributed by atoms with van der Waals surface area (Å²) in [6.07, 6.45) is -1.75. The van der Waals surface area contributed by atoms with Crippen LogP contribution >= 0.6 is 0 Å². The van der Waals surface area contributed by atoms with Crippen molar-refractivity contribution in [1.29, 1.82) is 0 Å². The van der Waals surface area contributed by atoms with Crippen molar-refractivity contribution in [3.8, 4) is 0 Å². The molecule has 1 saturated heterocycles. The highest BCUT2D eigenvalue weighted by Gasteiger charge is 2.58. The summed E-state index contributed by atoms with van der Waals surface area (Å²) < 4.78 is 30.1. The highest BCUT2D eigenvalue weighted by molar-refractivity contribution is 6.74. The van der Waals surface area contributed by atoms with Crippen LogP contribution in [0.5, 0.6) is 0 Å². The third-order valence-electron chi connectivity index (χ3n) is 6.14. The van der Waals surface area contributed by atoms with Crippen molar-refractivity contribution < 1.29 is 28.5 Å². The quantitative estimate of drug-likeness (QED) is 0.669. The Kier molecular flexibility index (Phi) is 7.53. The Labute approximate surface area is 160 Å². The first-order chi connectivity index (χ1) is 11.6.